The molecule has 2 atom stereocenters. The average molecular weight is 426 g/mol. The van der Waals surface area contributed by atoms with Crippen LogP contribution in [0.25, 0.3) is 22.4 Å². The summed E-state index contributed by atoms with van der Waals surface area (Å²) < 4.78 is 25.1. The first-order chi connectivity index (χ1) is 15.1. The molecular weight excluding hydrogens is 403 g/mol. The van der Waals surface area contributed by atoms with Gasteiger partial charge >= 0.3 is 6.09 Å². The highest BCUT2D eigenvalue weighted by molar-refractivity contribution is 5.92. The van der Waals surface area contributed by atoms with E-state index < -0.39 is 5.82 Å². The summed E-state index contributed by atoms with van der Waals surface area (Å²) in [4.78, 5) is 30.0. The molecule has 10 heteroatoms. The summed E-state index contributed by atoms with van der Waals surface area (Å²) in [6.07, 6.45) is 5.56. The van der Waals surface area contributed by atoms with Crippen molar-refractivity contribution < 1.29 is 18.7 Å². The van der Waals surface area contributed by atoms with Gasteiger partial charge in [0.25, 0.3) is 0 Å². The van der Waals surface area contributed by atoms with E-state index in [0.717, 1.165) is 34.8 Å². The number of aromatic amines is 1. The van der Waals surface area contributed by atoms with E-state index in [0.29, 0.717) is 38.5 Å². The van der Waals surface area contributed by atoms with Gasteiger partial charge in [0.1, 0.15) is 11.8 Å². The fourth-order valence-electron chi connectivity index (χ4n) is 3.95. The molecule has 2 aliphatic heterocycles. The smallest absolute Gasteiger partial charge is 0.410 e. The largest absolute Gasteiger partial charge is 0.444 e. The number of fused-ring (bicyclic) bond motifs is 1. The van der Waals surface area contributed by atoms with E-state index in [4.69, 9.17) is 9.47 Å². The Labute approximate surface area is 178 Å². The van der Waals surface area contributed by atoms with Crippen molar-refractivity contribution in [3.8, 4) is 11.4 Å². The number of pyridine rings is 1. The minimum atomic E-state index is -0.540. The van der Waals surface area contributed by atoms with Crippen LogP contribution in [0.2, 0.25) is 0 Å². The molecule has 0 aliphatic carbocycles. The number of anilines is 1. The van der Waals surface area contributed by atoms with Gasteiger partial charge in [0.05, 0.1) is 19.4 Å². The number of carbonyl (C=O) groups is 1. The van der Waals surface area contributed by atoms with Crippen molar-refractivity contribution in [1.82, 2.24) is 24.8 Å². The third-order valence-corrected chi connectivity index (χ3v) is 5.60. The molecule has 0 radical (unpaired) electrons. The van der Waals surface area contributed by atoms with E-state index in [2.05, 4.69) is 25.3 Å². The minimum absolute atomic E-state index is 0.115. The molecule has 2 aliphatic rings. The molecule has 31 heavy (non-hydrogen) atoms. The maximum absolute atomic E-state index is 14.4. The van der Waals surface area contributed by atoms with Gasteiger partial charge in [0, 0.05) is 48.9 Å². The summed E-state index contributed by atoms with van der Waals surface area (Å²) in [6.45, 7) is 3.97. The Kier molecular flexibility index (Phi) is 5.14. The highest BCUT2D eigenvalue weighted by Gasteiger charge is 2.30. The predicted octanol–water partition coefficient (Wildman–Crippen LogP) is 2.88. The van der Waals surface area contributed by atoms with Gasteiger partial charge < -0.3 is 24.7 Å². The number of likely N-dealkylation sites (tertiary alicyclic amines) is 1. The molecule has 3 aromatic heterocycles. The normalized spacial score (nSPS) is 21.0. The van der Waals surface area contributed by atoms with E-state index >= 15 is 0 Å². The fraction of sp³-hybridized carbons (Fsp3) is 0.429. The second-order valence-corrected chi connectivity index (χ2v) is 7.95. The zero-order chi connectivity index (χ0) is 21.4. The number of rotatable bonds is 4. The number of ether oxygens (including phenoxy) is 2. The van der Waals surface area contributed by atoms with Crippen molar-refractivity contribution in [3.05, 3.63) is 36.0 Å². The molecule has 0 aromatic carbocycles. The molecule has 0 saturated carbocycles. The van der Waals surface area contributed by atoms with Gasteiger partial charge in [0.2, 0.25) is 0 Å². The number of hydrogen-bond donors (Lipinski definition) is 2. The molecule has 0 spiro atoms. The number of hydrogen-bond acceptors (Lipinski definition) is 7. The van der Waals surface area contributed by atoms with Crippen molar-refractivity contribution in [2.75, 3.05) is 31.6 Å². The third kappa shape index (κ3) is 4.02. The standard InChI is InChI=1S/C21H23FN6O3/c1-12-6-15-16(8-24-18(15)23-7-12)19-25-9-17(22)20(27-19)26-13-2-4-28(10-13)21(29)31-14-3-5-30-11-14/h6-9,13-14H,2-5,10-11H2,1H3,(H,23,24)(H,25,26,27). The molecule has 9 nitrogen and oxygen atoms in total. The van der Waals surface area contributed by atoms with Crippen LogP contribution in [0.5, 0.6) is 0 Å². The first kappa shape index (κ1) is 19.7. The van der Waals surface area contributed by atoms with Crippen LogP contribution in [0.1, 0.15) is 18.4 Å². The van der Waals surface area contributed by atoms with Crippen LogP contribution in [0.4, 0.5) is 15.0 Å². The highest BCUT2D eigenvalue weighted by atomic mass is 19.1. The van der Waals surface area contributed by atoms with Crippen LogP contribution in [-0.2, 0) is 9.47 Å². The zero-order valence-electron chi connectivity index (χ0n) is 17.1. The Morgan fingerprint density at radius 1 is 1.35 bits per heavy atom. The molecule has 0 bridgehead atoms. The molecule has 5 rings (SSSR count). The monoisotopic (exact) mass is 426 g/mol. The van der Waals surface area contributed by atoms with Gasteiger partial charge in [-0.05, 0) is 25.0 Å². The molecule has 1 amide bonds. The van der Waals surface area contributed by atoms with Crippen molar-refractivity contribution in [2.24, 2.45) is 0 Å². The number of aryl methyl sites for hydroxylation is 1. The zero-order valence-corrected chi connectivity index (χ0v) is 17.1. The Bertz CT molecular complexity index is 1110. The summed E-state index contributed by atoms with van der Waals surface area (Å²) in [5.74, 6) is -0.0237. The molecule has 2 fully saturated rings. The molecule has 3 aromatic rings. The number of carbonyl (C=O) groups excluding carboxylic acids is 1. The van der Waals surface area contributed by atoms with Gasteiger partial charge in [0.15, 0.2) is 17.5 Å². The molecule has 2 unspecified atom stereocenters. The van der Waals surface area contributed by atoms with E-state index in [9.17, 15) is 9.18 Å². The second-order valence-electron chi connectivity index (χ2n) is 7.95. The van der Waals surface area contributed by atoms with Crippen LogP contribution in [0, 0.1) is 12.7 Å². The quantitative estimate of drug-likeness (QED) is 0.661. The van der Waals surface area contributed by atoms with E-state index in [1.165, 1.54) is 0 Å². The summed E-state index contributed by atoms with van der Waals surface area (Å²) in [6, 6.07) is 1.86. The summed E-state index contributed by atoms with van der Waals surface area (Å²) in [5, 5.41) is 4.00. The lowest BCUT2D eigenvalue weighted by atomic mass is 10.1. The van der Waals surface area contributed by atoms with Gasteiger partial charge in [-0.15, -0.1) is 0 Å². The van der Waals surface area contributed by atoms with Gasteiger partial charge in [-0.1, -0.05) is 0 Å². The highest BCUT2D eigenvalue weighted by Crippen LogP contribution is 2.27. The number of halogens is 1. The maximum Gasteiger partial charge on any atom is 0.410 e. The summed E-state index contributed by atoms with van der Waals surface area (Å²) in [5.41, 5.74) is 2.49. The Morgan fingerprint density at radius 2 is 2.26 bits per heavy atom. The Morgan fingerprint density at radius 3 is 3.10 bits per heavy atom. The van der Waals surface area contributed by atoms with Crippen LogP contribution in [-0.4, -0.2) is 69.4 Å². The van der Waals surface area contributed by atoms with E-state index in [1.807, 2.05) is 13.0 Å². The number of nitrogens with zero attached hydrogens (tertiary/aromatic N) is 4. The second kappa shape index (κ2) is 8.10. The maximum atomic E-state index is 14.4. The summed E-state index contributed by atoms with van der Waals surface area (Å²) in [7, 11) is 0. The topological polar surface area (TPSA) is 105 Å². The van der Waals surface area contributed by atoms with Crippen molar-refractivity contribution in [1.29, 1.82) is 0 Å². The number of aromatic nitrogens is 4. The predicted molar refractivity (Wildman–Crippen MR) is 111 cm³/mol. The van der Waals surface area contributed by atoms with Crippen molar-refractivity contribution in [3.63, 3.8) is 0 Å². The lowest BCUT2D eigenvalue weighted by Gasteiger charge is -2.19. The number of H-pyrrole nitrogens is 1. The van der Waals surface area contributed by atoms with Crippen LogP contribution >= 0.6 is 0 Å². The summed E-state index contributed by atoms with van der Waals surface area (Å²) >= 11 is 0. The third-order valence-electron chi connectivity index (χ3n) is 5.60. The fourth-order valence-corrected chi connectivity index (χ4v) is 3.95. The molecule has 2 saturated heterocycles. The first-order valence-corrected chi connectivity index (χ1v) is 10.3. The SMILES string of the molecule is Cc1cnc2[nH]cc(-c3ncc(F)c(NC4CCN(C(=O)OC5CCOC5)C4)n3)c2c1. The number of amides is 1. The lowest BCUT2D eigenvalue weighted by molar-refractivity contribution is 0.0595. The first-order valence-electron chi connectivity index (χ1n) is 10.3. The average Bonchev–Trinajstić information content (AvgIpc) is 3.50. The van der Waals surface area contributed by atoms with E-state index in [1.54, 1.807) is 17.3 Å². The number of nitrogens with one attached hydrogen (secondary N) is 2. The van der Waals surface area contributed by atoms with Crippen molar-refractivity contribution >= 4 is 22.9 Å². The van der Waals surface area contributed by atoms with E-state index in [-0.39, 0.29) is 24.1 Å². The molecule has 5 heterocycles. The van der Waals surface area contributed by atoms with Crippen LogP contribution in [0.3, 0.4) is 0 Å². The Balaban J connectivity index is 1.30. The lowest BCUT2D eigenvalue weighted by Crippen LogP contribution is -2.34. The molecule has 162 valence electrons. The van der Waals surface area contributed by atoms with Crippen LogP contribution < -0.4 is 5.32 Å². The van der Waals surface area contributed by atoms with Gasteiger partial charge in [-0.2, -0.15) is 0 Å². The van der Waals surface area contributed by atoms with Crippen molar-refractivity contribution in [2.45, 2.75) is 31.9 Å². The molecular formula is C21H23FN6O3. The minimum Gasteiger partial charge on any atom is -0.444 e. The van der Waals surface area contributed by atoms with Gasteiger partial charge in [-0.3, -0.25) is 0 Å². The van der Waals surface area contributed by atoms with Gasteiger partial charge in [-0.25, -0.2) is 24.1 Å². The molecule has 2 N–H and O–H groups in total. The van der Waals surface area contributed by atoms with Crippen LogP contribution in [0.15, 0.2) is 24.7 Å². The Hall–Kier alpha value is -3.27.